The molecule has 0 unspecified atom stereocenters. The van der Waals surface area contributed by atoms with Crippen LogP contribution in [0.5, 0.6) is 0 Å². The molecule has 1 N–H and O–H groups in total. The van der Waals surface area contributed by atoms with Crippen LogP contribution in [0.3, 0.4) is 0 Å². The van der Waals surface area contributed by atoms with Crippen molar-refractivity contribution in [1.82, 2.24) is 9.62 Å². The lowest BCUT2D eigenvalue weighted by atomic mass is 10.2. The third-order valence-corrected chi connectivity index (χ3v) is 5.10. The normalized spacial score (nSPS) is 18.9. The van der Waals surface area contributed by atoms with Gasteiger partial charge in [0, 0.05) is 19.7 Å². The van der Waals surface area contributed by atoms with Crippen molar-refractivity contribution in [1.29, 1.82) is 0 Å². The van der Waals surface area contributed by atoms with Gasteiger partial charge in [-0.1, -0.05) is 30.3 Å². The number of benzene rings is 1. The molecule has 7 heteroatoms. The summed E-state index contributed by atoms with van der Waals surface area (Å²) >= 11 is 0. The van der Waals surface area contributed by atoms with Crippen molar-refractivity contribution in [2.24, 2.45) is 0 Å². The monoisotopic (exact) mass is 340 g/mol. The Morgan fingerprint density at radius 2 is 2.09 bits per heavy atom. The van der Waals surface area contributed by atoms with Crippen molar-refractivity contribution in [2.45, 2.75) is 31.9 Å². The fourth-order valence-corrected chi connectivity index (χ4v) is 3.79. The van der Waals surface area contributed by atoms with E-state index in [1.807, 2.05) is 30.3 Å². The molecule has 1 aromatic rings. The molecule has 6 nitrogen and oxygen atoms in total. The van der Waals surface area contributed by atoms with Gasteiger partial charge in [0.1, 0.15) is 6.04 Å². The highest BCUT2D eigenvalue weighted by Crippen LogP contribution is 2.20. The average molecular weight is 340 g/mol. The van der Waals surface area contributed by atoms with E-state index in [0.717, 1.165) is 18.2 Å². The molecular weight excluding hydrogens is 316 g/mol. The van der Waals surface area contributed by atoms with Gasteiger partial charge < -0.3 is 10.1 Å². The largest absolute Gasteiger partial charge is 0.377 e. The number of rotatable bonds is 8. The Labute approximate surface area is 137 Å². The molecule has 2 rings (SSSR count). The molecule has 1 atom stereocenters. The molecule has 0 aromatic heterocycles. The number of carbonyl (C=O) groups excluding carboxylic acids is 1. The van der Waals surface area contributed by atoms with E-state index in [4.69, 9.17) is 4.74 Å². The number of nitrogens with one attached hydrogen (secondary N) is 1. The van der Waals surface area contributed by atoms with E-state index in [0.29, 0.717) is 39.1 Å². The first-order valence-electron chi connectivity index (χ1n) is 7.84. The maximum atomic E-state index is 12.1. The number of sulfonamides is 1. The predicted octanol–water partition coefficient (Wildman–Crippen LogP) is 1.13. The molecule has 1 aliphatic heterocycles. The summed E-state index contributed by atoms with van der Waals surface area (Å²) in [5.41, 5.74) is 1.12. The summed E-state index contributed by atoms with van der Waals surface area (Å²) in [5.74, 6) is -0.212. The molecule has 1 saturated heterocycles. The number of ether oxygens (including phenoxy) is 1. The number of hydrogen-bond donors (Lipinski definition) is 1. The summed E-state index contributed by atoms with van der Waals surface area (Å²) < 4.78 is 30.1. The SMILES string of the molecule is CS(=O)(=O)N1CCC[C@H]1C(=O)NCCCOCc1ccccc1. The minimum absolute atomic E-state index is 0.212. The van der Waals surface area contributed by atoms with Crippen LogP contribution < -0.4 is 5.32 Å². The molecule has 0 spiro atoms. The summed E-state index contributed by atoms with van der Waals surface area (Å²) in [6.07, 6.45) is 3.16. The second-order valence-corrected chi connectivity index (χ2v) is 7.65. The Kier molecular flexibility index (Phi) is 6.56. The summed E-state index contributed by atoms with van der Waals surface area (Å²) in [7, 11) is -3.32. The van der Waals surface area contributed by atoms with Crippen LogP contribution in [0.2, 0.25) is 0 Å². The molecule has 1 aliphatic rings. The molecule has 1 heterocycles. The maximum absolute atomic E-state index is 12.1. The van der Waals surface area contributed by atoms with Crippen molar-refractivity contribution < 1.29 is 17.9 Å². The first kappa shape index (κ1) is 17.9. The molecule has 1 aromatic carbocycles. The Morgan fingerprint density at radius 3 is 2.78 bits per heavy atom. The highest BCUT2D eigenvalue weighted by molar-refractivity contribution is 7.88. The van der Waals surface area contributed by atoms with Gasteiger partial charge in [0.2, 0.25) is 15.9 Å². The van der Waals surface area contributed by atoms with Gasteiger partial charge in [-0.3, -0.25) is 4.79 Å². The number of nitrogens with zero attached hydrogens (tertiary/aromatic N) is 1. The molecule has 0 saturated carbocycles. The second-order valence-electron chi connectivity index (χ2n) is 5.71. The standard InChI is InChI=1S/C16H24N2O4S/c1-23(20,21)18-11-5-9-15(18)16(19)17-10-6-12-22-13-14-7-3-2-4-8-14/h2-4,7-8,15H,5-6,9-13H2,1H3,(H,17,19)/t15-/m0/s1. The Balaban J connectivity index is 1.63. The lowest BCUT2D eigenvalue weighted by molar-refractivity contribution is -0.124. The van der Waals surface area contributed by atoms with Crippen molar-refractivity contribution in [3.8, 4) is 0 Å². The van der Waals surface area contributed by atoms with Gasteiger partial charge in [-0.15, -0.1) is 0 Å². The molecule has 0 radical (unpaired) electrons. The predicted molar refractivity (Wildman–Crippen MR) is 88.3 cm³/mol. The van der Waals surface area contributed by atoms with Crippen molar-refractivity contribution in [3.05, 3.63) is 35.9 Å². The van der Waals surface area contributed by atoms with Crippen LogP contribution in [0.4, 0.5) is 0 Å². The van der Waals surface area contributed by atoms with Crippen molar-refractivity contribution in [3.63, 3.8) is 0 Å². The molecule has 0 aliphatic carbocycles. The lowest BCUT2D eigenvalue weighted by Crippen LogP contribution is -2.45. The van der Waals surface area contributed by atoms with Gasteiger partial charge in [0.15, 0.2) is 0 Å². The molecule has 23 heavy (non-hydrogen) atoms. The van der Waals surface area contributed by atoms with E-state index >= 15 is 0 Å². The number of hydrogen-bond acceptors (Lipinski definition) is 4. The van der Waals surface area contributed by atoms with Crippen LogP contribution in [0, 0.1) is 0 Å². The van der Waals surface area contributed by atoms with Crippen LogP contribution in [0.25, 0.3) is 0 Å². The lowest BCUT2D eigenvalue weighted by Gasteiger charge is -2.21. The van der Waals surface area contributed by atoms with Gasteiger partial charge in [-0.2, -0.15) is 4.31 Å². The summed E-state index contributed by atoms with van der Waals surface area (Å²) in [6.45, 7) is 2.02. The zero-order valence-electron chi connectivity index (χ0n) is 13.4. The Bertz CT molecular complexity index is 604. The van der Waals surface area contributed by atoms with E-state index < -0.39 is 16.1 Å². The minimum Gasteiger partial charge on any atom is -0.377 e. The van der Waals surface area contributed by atoms with E-state index in [-0.39, 0.29) is 5.91 Å². The summed E-state index contributed by atoms with van der Waals surface area (Å²) in [4.78, 5) is 12.1. The van der Waals surface area contributed by atoms with Crippen molar-refractivity contribution >= 4 is 15.9 Å². The topological polar surface area (TPSA) is 75.7 Å². The second kappa shape index (κ2) is 8.42. The average Bonchev–Trinajstić information content (AvgIpc) is 3.01. The van der Waals surface area contributed by atoms with Gasteiger partial charge in [0.05, 0.1) is 12.9 Å². The van der Waals surface area contributed by atoms with Crippen LogP contribution in [-0.2, 0) is 26.2 Å². The highest BCUT2D eigenvalue weighted by atomic mass is 32.2. The molecule has 128 valence electrons. The molecule has 1 fully saturated rings. The highest BCUT2D eigenvalue weighted by Gasteiger charge is 2.36. The van der Waals surface area contributed by atoms with Gasteiger partial charge in [-0.05, 0) is 24.8 Å². The van der Waals surface area contributed by atoms with Crippen LogP contribution >= 0.6 is 0 Å². The van der Waals surface area contributed by atoms with Crippen LogP contribution in [0.15, 0.2) is 30.3 Å². The summed E-state index contributed by atoms with van der Waals surface area (Å²) in [6, 6.07) is 9.34. The van der Waals surface area contributed by atoms with Gasteiger partial charge in [0.25, 0.3) is 0 Å². The van der Waals surface area contributed by atoms with Crippen molar-refractivity contribution in [2.75, 3.05) is 26.0 Å². The Hall–Kier alpha value is -1.44. The quantitative estimate of drug-likeness (QED) is 0.720. The Morgan fingerprint density at radius 1 is 1.35 bits per heavy atom. The van der Waals surface area contributed by atoms with Crippen LogP contribution in [-0.4, -0.2) is 50.6 Å². The smallest absolute Gasteiger partial charge is 0.238 e. The van der Waals surface area contributed by atoms with E-state index in [1.165, 1.54) is 4.31 Å². The minimum atomic E-state index is -3.32. The van der Waals surface area contributed by atoms with E-state index in [9.17, 15) is 13.2 Å². The zero-order valence-corrected chi connectivity index (χ0v) is 14.2. The van der Waals surface area contributed by atoms with E-state index in [2.05, 4.69) is 5.32 Å². The summed E-state index contributed by atoms with van der Waals surface area (Å²) in [5, 5.41) is 2.80. The number of carbonyl (C=O) groups is 1. The third kappa shape index (κ3) is 5.60. The zero-order chi connectivity index (χ0) is 16.7. The molecule has 0 bridgehead atoms. The third-order valence-electron chi connectivity index (χ3n) is 3.81. The molecular formula is C16H24N2O4S. The number of amides is 1. The fraction of sp³-hybridized carbons (Fsp3) is 0.562. The van der Waals surface area contributed by atoms with Gasteiger partial charge >= 0.3 is 0 Å². The molecule has 1 amide bonds. The van der Waals surface area contributed by atoms with E-state index in [1.54, 1.807) is 0 Å². The van der Waals surface area contributed by atoms with Crippen LogP contribution in [0.1, 0.15) is 24.8 Å². The van der Waals surface area contributed by atoms with Gasteiger partial charge in [-0.25, -0.2) is 8.42 Å². The maximum Gasteiger partial charge on any atom is 0.238 e. The first-order valence-corrected chi connectivity index (χ1v) is 9.69. The fourth-order valence-electron chi connectivity index (χ4n) is 2.67. The first-order chi connectivity index (χ1) is 11.0.